The van der Waals surface area contributed by atoms with Crippen molar-refractivity contribution in [3.05, 3.63) is 0 Å². The number of hydrogen-bond acceptors (Lipinski definition) is 4. The highest BCUT2D eigenvalue weighted by atomic mass is 127. The topological polar surface area (TPSA) is 69.2 Å². The molecule has 1 saturated carbocycles. The summed E-state index contributed by atoms with van der Waals surface area (Å²) in [4.78, 5) is 21.4. The van der Waals surface area contributed by atoms with Crippen LogP contribution in [0.3, 0.4) is 0 Å². The molecular formula is C23H46IN5O2. The van der Waals surface area contributed by atoms with E-state index in [0.717, 1.165) is 64.7 Å². The number of aliphatic imine (C=N–C) groups is 1. The van der Waals surface area contributed by atoms with Gasteiger partial charge in [0.1, 0.15) is 0 Å². The van der Waals surface area contributed by atoms with Crippen molar-refractivity contribution in [2.45, 2.75) is 84.3 Å². The highest BCUT2D eigenvalue weighted by molar-refractivity contribution is 14.0. The third kappa shape index (κ3) is 12.3. The maximum Gasteiger partial charge on any atom is 0.234 e. The highest BCUT2D eigenvalue weighted by Crippen LogP contribution is 2.20. The Morgan fingerprint density at radius 2 is 1.77 bits per heavy atom. The number of nitrogens with one attached hydrogen (secondary N) is 2. The van der Waals surface area contributed by atoms with Crippen molar-refractivity contribution in [1.82, 2.24) is 20.4 Å². The van der Waals surface area contributed by atoms with Gasteiger partial charge in [-0.25, -0.2) is 0 Å². The van der Waals surface area contributed by atoms with Crippen LogP contribution in [-0.4, -0.2) is 86.2 Å². The van der Waals surface area contributed by atoms with Crippen molar-refractivity contribution in [3.8, 4) is 0 Å². The van der Waals surface area contributed by atoms with Crippen LogP contribution in [0.1, 0.15) is 72.1 Å². The van der Waals surface area contributed by atoms with Gasteiger partial charge in [-0.2, -0.15) is 0 Å². The number of carbonyl (C=O) groups excluding carboxylic acids is 1. The summed E-state index contributed by atoms with van der Waals surface area (Å²) in [5, 5.41) is 6.40. The summed E-state index contributed by atoms with van der Waals surface area (Å²) < 4.78 is 6.01. The van der Waals surface area contributed by atoms with E-state index in [-0.39, 0.29) is 35.9 Å². The standard InChI is InChI=1S/C23H45N5O2.HI/c1-4-24-23(25-13-9-6-10-18-30-21-11-7-5-8-12-21)28-16-14-27(15-17-28)19-22(29)26-20(2)3;/h20-21H,4-19H2,1-3H3,(H,24,25)(H,26,29);1H. The number of piperazine rings is 1. The Morgan fingerprint density at radius 3 is 2.42 bits per heavy atom. The van der Waals surface area contributed by atoms with Crippen LogP contribution in [0.15, 0.2) is 4.99 Å². The minimum absolute atomic E-state index is 0. The van der Waals surface area contributed by atoms with Crippen molar-refractivity contribution < 1.29 is 9.53 Å². The molecule has 2 aliphatic rings. The summed E-state index contributed by atoms with van der Waals surface area (Å²) in [6, 6.07) is 0.199. The van der Waals surface area contributed by atoms with E-state index in [2.05, 4.69) is 27.4 Å². The van der Waals surface area contributed by atoms with Gasteiger partial charge >= 0.3 is 0 Å². The predicted molar refractivity (Wildman–Crippen MR) is 139 cm³/mol. The fourth-order valence-corrected chi connectivity index (χ4v) is 4.17. The molecule has 1 aliphatic heterocycles. The molecule has 1 aliphatic carbocycles. The monoisotopic (exact) mass is 551 g/mol. The number of ether oxygens (including phenoxy) is 1. The Kier molecular flexibility index (Phi) is 15.5. The first-order valence-electron chi connectivity index (χ1n) is 12.2. The molecule has 31 heavy (non-hydrogen) atoms. The number of hydrogen-bond donors (Lipinski definition) is 2. The number of carbonyl (C=O) groups is 1. The molecule has 1 saturated heterocycles. The molecule has 0 unspecified atom stereocenters. The Morgan fingerprint density at radius 1 is 1.06 bits per heavy atom. The molecule has 0 aromatic rings. The summed E-state index contributed by atoms with van der Waals surface area (Å²) in [7, 11) is 0. The van der Waals surface area contributed by atoms with Gasteiger partial charge in [-0.3, -0.25) is 14.7 Å². The zero-order valence-corrected chi connectivity index (χ0v) is 22.4. The number of guanidine groups is 1. The van der Waals surface area contributed by atoms with E-state index >= 15 is 0 Å². The van der Waals surface area contributed by atoms with Gasteiger partial charge in [-0.05, 0) is 52.9 Å². The molecule has 0 aromatic heterocycles. The predicted octanol–water partition coefficient (Wildman–Crippen LogP) is 3.23. The zero-order chi connectivity index (χ0) is 21.6. The van der Waals surface area contributed by atoms with Crippen LogP contribution in [0.5, 0.6) is 0 Å². The van der Waals surface area contributed by atoms with E-state index in [9.17, 15) is 4.79 Å². The van der Waals surface area contributed by atoms with E-state index < -0.39 is 0 Å². The SMILES string of the molecule is CCNC(=NCCCCCOC1CCCCC1)N1CCN(CC(=O)NC(C)C)CC1.I. The van der Waals surface area contributed by atoms with Crippen molar-refractivity contribution in [2.24, 2.45) is 4.99 Å². The largest absolute Gasteiger partial charge is 0.378 e. The number of unbranched alkanes of at least 4 members (excludes halogenated alkanes) is 2. The molecule has 0 aromatic carbocycles. The van der Waals surface area contributed by atoms with Crippen molar-refractivity contribution >= 4 is 35.8 Å². The normalized spacial score (nSPS) is 18.7. The molecule has 1 amide bonds. The quantitative estimate of drug-likeness (QED) is 0.179. The summed E-state index contributed by atoms with van der Waals surface area (Å²) in [6.45, 7) is 12.9. The van der Waals surface area contributed by atoms with Gasteiger partial charge in [0.25, 0.3) is 0 Å². The van der Waals surface area contributed by atoms with Crippen LogP contribution in [0.2, 0.25) is 0 Å². The van der Waals surface area contributed by atoms with Gasteiger partial charge in [0.15, 0.2) is 5.96 Å². The first-order chi connectivity index (χ1) is 14.6. The van der Waals surface area contributed by atoms with E-state index in [4.69, 9.17) is 9.73 Å². The number of rotatable bonds is 11. The molecule has 8 heteroatoms. The number of amides is 1. The zero-order valence-electron chi connectivity index (χ0n) is 20.0. The molecule has 2 rings (SSSR count). The van der Waals surface area contributed by atoms with Crippen molar-refractivity contribution in [3.63, 3.8) is 0 Å². The van der Waals surface area contributed by atoms with Crippen LogP contribution in [0.25, 0.3) is 0 Å². The summed E-state index contributed by atoms with van der Waals surface area (Å²) in [5.74, 6) is 1.13. The molecule has 0 bridgehead atoms. The Hall–Kier alpha value is -0.610. The van der Waals surface area contributed by atoms with Crippen LogP contribution in [0, 0.1) is 0 Å². The first-order valence-corrected chi connectivity index (χ1v) is 12.2. The summed E-state index contributed by atoms with van der Waals surface area (Å²) >= 11 is 0. The lowest BCUT2D eigenvalue weighted by atomic mass is 9.98. The Bertz CT molecular complexity index is 504. The third-order valence-electron chi connectivity index (χ3n) is 5.79. The molecule has 7 nitrogen and oxygen atoms in total. The number of halogens is 1. The minimum atomic E-state index is 0. The molecule has 182 valence electrons. The van der Waals surface area contributed by atoms with Crippen LogP contribution < -0.4 is 10.6 Å². The Balaban J connectivity index is 0.00000480. The van der Waals surface area contributed by atoms with Crippen LogP contribution in [0.4, 0.5) is 0 Å². The third-order valence-corrected chi connectivity index (χ3v) is 5.79. The van der Waals surface area contributed by atoms with E-state index in [1.54, 1.807) is 0 Å². The lowest BCUT2D eigenvalue weighted by molar-refractivity contribution is -0.123. The molecule has 0 spiro atoms. The summed E-state index contributed by atoms with van der Waals surface area (Å²) in [6.07, 6.45) is 10.5. The van der Waals surface area contributed by atoms with Gasteiger partial charge in [0, 0.05) is 51.9 Å². The van der Waals surface area contributed by atoms with Crippen molar-refractivity contribution in [1.29, 1.82) is 0 Å². The summed E-state index contributed by atoms with van der Waals surface area (Å²) in [5.41, 5.74) is 0. The van der Waals surface area contributed by atoms with Crippen molar-refractivity contribution in [2.75, 3.05) is 52.4 Å². The lowest BCUT2D eigenvalue weighted by Crippen LogP contribution is -2.54. The molecular weight excluding hydrogens is 505 g/mol. The van der Waals surface area contributed by atoms with E-state index in [1.807, 2.05) is 13.8 Å². The average Bonchev–Trinajstić information content (AvgIpc) is 2.73. The fraction of sp³-hybridized carbons (Fsp3) is 0.913. The minimum Gasteiger partial charge on any atom is -0.378 e. The molecule has 2 N–H and O–H groups in total. The maximum absolute atomic E-state index is 12.0. The second-order valence-electron chi connectivity index (χ2n) is 8.91. The van der Waals surface area contributed by atoms with E-state index in [0.29, 0.717) is 12.6 Å². The molecule has 0 radical (unpaired) electrons. The lowest BCUT2D eigenvalue weighted by Gasteiger charge is -2.36. The van der Waals surface area contributed by atoms with Gasteiger partial charge < -0.3 is 20.3 Å². The molecule has 2 fully saturated rings. The average molecular weight is 552 g/mol. The van der Waals surface area contributed by atoms with Crippen LogP contribution in [-0.2, 0) is 9.53 Å². The van der Waals surface area contributed by atoms with Crippen LogP contribution >= 0.6 is 24.0 Å². The van der Waals surface area contributed by atoms with E-state index in [1.165, 1.54) is 38.5 Å². The smallest absolute Gasteiger partial charge is 0.234 e. The Labute approximate surface area is 207 Å². The second kappa shape index (κ2) is 16.9. The number of nitrogens with zero attached hydrogens (tertiary/aromatic N) is 3. The second-order valence-corrected chi connectivity index (χ2v) is 8.91. The highest BCUT2D eigenvalue weighted by Gasteiger charge is 2.21. The molecule has 0 atom stereocenters. The van der Waals surface area contributed by atoms with Gasteiger partial charge in [-0.15, -0.1) is 24.0 Å². The van der Waals surface area contributed by atoms with Gasteiger partial charge in [-0.1, -0.05) is 19.3 Å². The van der Waals surface area contributed by atoms with Gasteiger partial charge in [0.05, 0.1) is 12.6 Å². The van der Waals surface area contributed by atoms with Gasteiger partial charge in [0.2, 0.25) is 5.91 Å². The first kappa shape index (κ1) is 28.4. The molecule has 1 heterocycles. The maximum atomic E-state index is 12.0. The fourth-order valence-electron chi connectivity index (χ4n) is 4.17.